The lowest BCUT2D eigenvalue weighted by atomic mass is 9.78. The number of hydrogen-bond acceptors (Lipinski definition) is 2. The highest BCUT2D eigenvalue weighted by Gasteiger charge is 2.54. The molecule has 0 unspecified atom stereocenters. The molecule has 1 heterocycles. The van der Waals surface area contributed by atoms with Gasteiger partial charge in [-0.05, 0) is 31.1 Å². The Morgan fingerprint density at radius 2 is 1.59 bits per heavy atom. The van der Waals surface area contributed by atoms with Crippen LogP contribution < -0.4 is 0 Å². The average Bonchev–Trinajstić information content (AvgIpc) is 3.01. The summed E-state index contributed by atoms with van der Waals surface area (Å²) in [5, 5.41) is 9.60. The zero-order valence-corrected chi connectivity index (χ0v) is 10.6. The minimum atomic E-state index is -0.545. The van der Waals surface area contributed by atoms with Crippen LogP contribution in [0.2, 0.25) is 0 Å². The quantitative estimate of drug-likeness (QED) is 0.767. The first-order chi connectivity index (χ1) is 8.14. The Hall–Kier alpha value is -0.570. The van der Waals surface area contributed by atoms with Crippen molar-refractivity contribution in [2.45, 2.75) is 51.4 Å². The van der Waals surface area contributed by atoms with Gasteiger partial charge in [-0.2, -0.15) is 0 Å². The van der Waals surface area contributed by atoms with Crippen molar-refractivity contribution in [1.29, 1.82) is 0 Å². The van der Waals surface area contributed by atoms with E-state index in [-0.39, 0.29) is 0 Å². The van der Waals surface area contributed by atoms with E-state index in [4.69, 9.17) is 0 Å². The van der Waals surface area contributed by atoms with Gasteiger partial charge in [0.05, 0.1) is 5.41 Å². The molecular weight excluding hydrogens is 214 g/mol. The third-order valence-corrected chi connectivity index (χ3v) is 5.12. The van der Waals surface area contributed by atoms with Gasteiger partial charge >= 0.3 is 5.97 Å². The largest absolute Gasteiger partial charge is 0.481 e. The Balaban J connectivity index is 1.64. The first-order valence-electron chi connectivity index (χ1n) is 7.10. The molecule has 3 heteroatoms. The summed E-state index contributed by atoms with van der Waals surface area (Å²) in [5.74, 6) is -0.545. The first kappa shape index (κ1) is 11.5. The summed E-state index contributed by atoms with van der Waals surface area (Å²) < 4.78 is 0. The van der Waals surface area contributed by atoms with Crippen LogP contribution in [0.1, 0.15) is 51.4 Å². The zero-order chi connectivity index (χ0) is 11.9. The van der Waals surface area contributed by atoms with Crippen molar-refractivity contribution in [3.63, 3.8) is 0 Å². The summed E-state index contributed by atoms with van der Waals surface area (Å²) in [6, 6.07) is 0. The summed E-state index contributed by atoms with van der Waals surface area (Å²) in [5.41, 5.74) is 0.220. The molecule has 96 valence electrons. The summed E-state index contributed by atoms with van der Waals surface area (Å²) in [6.07, 6.45) is 9.19. The lowest BCUT2D eigenvalue weighted by molar-refractivity contribution is -0.152. The second-order valence-electron chi connectivity index (χ2n) is 6.64. The van der Waals surface area contributed by atoms with Crippen LogP contribution in [-0.2, 0) is 4.79 Å². The fourth-order valence-corrected chi connectivity index (χ4v) is 3.78. The lowest BCUT2D eigenvalue weighted by Crippen LogP contribution is -2.54. The van der Waals surface area contributed by atoms with E-state index in [1.54, 1.807) is 0 Å². The second kappa shape index (κ2) is 3.98. The van der Waals surface area contributed by atoms with E-state index in [1.807, 2.05) is 0 Å². The molecule has 2 aliphatic carbocycles. The van der Waals surface area contributed by atoms with E-state index >= 15 is 0 Å². The van der Waals surface area contributed by atoms with Gasteiger partial charge in [0.15, 0.2) is 0 Å². The molecule has 0 amide bonds. The van der Waals surface area contributed by atoms with E-state index in [1.165, 1.54) is 38.8 Å². The Labute approximate surface area is 103 Å². The summed E-state index contributed by atoms with van der Waals surface area (Å²) >= 11 is 0. The molecule has 17 heavy (non-hydrogen) atoms. The van der Waals surface area contributed by atoms with Gasteiger partial charge in [-0.3, -0.25) is 4.79 Å². The number of rotatable bonds is 3. The van der Waals surface area contributed by atoms with Crippen LogP contribution in [0.4, 0.5) is 0 Å². The zero-order valence-electron chi connectivity index (χ0n) is 10.6. The Morgan fingerprint density at radius 3 is 2.06 bits per heavy atom. The number of carbonyl (C=O) groups is 1. The summed E-state index contributed by atoms with van der Waals surface area (Å²) in [6.45, 7) is 3.15. The van der Waals surface area contributed by atoms with Crippen molar-refractivity contribution >= 4 is 5.97 Å². The van der Waals surface area contributed by atoms with Gasteiger partial charge in [-0.25, -0.2) is 0 Å². The number of likely N-dealkylation sites (tertiary alicyclic amines) is 1. The van der Waals surface area contributed by atoms with Gasteiger partial charge in [0.2, 0.25) is 0 Å². The molecule has 0 atom stereocenters. The molecule has 3 rings (SSSR count). The van der Waals surface area contributed by atoms with Crippen LogP contribution in [0.25, 0.3) is 0 Å². The van der Waals surface area contributed by atoms with E-state index in [0.29, 0.717) is 5.41 Å². The molecule has 0 aromatic rings. The SMILES string of the molecule is O=C(O)C1(CN2CC3(CC3)C2)CCCCCC1. The normalized spacial score (nSPS) is 30.6. The molecule has 1 N–H and O–H groups in total. The smallest absolute Gasteiger partial charge is 0.310 e. The van der Waals surface area contributed by atoms with Gasteiger partial charge in [-0.15, -0.1) is 0 Å². The minimum absolute atomic E-state index is 0.424. The monoisotopic (exact) mass is 237 g/mol. The van der Waals surface area contributed by atoms with Crippen molar-refractivity contribution in [2.24, 2.45) is 10.8 Å². The fourth-order valence-electron chi connectivity index (χ4n) is 3.78. The number of hydrogen-bond donors (Lipinski definition) is 1. The summed E-state index contributed by atoms with van der Waals surface area (Å²) in [7, 11) is 0. The predicted octanol–water partition coefficient (Wildman–Crippen LogP) is 2.51. The van der Waals surface area contributed by atoms with Crippen LogP contribution in [0, 0.1) is 10.8 Å². The van der Waals surface area contributed by atoms with Crippen LogP contribution >= 0.6 is 0 Å². The van der Waals surface area contributed by atoms with Crippen molar-refractivity contribution in [2.75, 3.05) is 19.6 Å². The van der Waals surface area contributed by atoms with Crippen LogP contribution in [0.15, 0.2) is 0 Å². The van der Waals surface area contributed by atoms with E-state index in [0.717, 1.165) is 32.2 Å². The van der Waals surface area contributed by atoms with E-state index in [2.05, 4.69) is 4.90 Å². The molecule has 0 bridgehead atoms. The molecule has 3 aliphatic rings. The van der Waals surface area contributed by atoms with Gasteiger partial charge in [-0.1, -0.05) is 25.7 Å². The van der Waals surface area contributed by atoms with Crippen molar-refractivity contribution < 1.29 is 9.90 Å². The van der Waals surface area contributed by atoms with Gasteiger partial charge in [0.25, 0.3) is 0 Å². The predicted molar refractivity (Wildman–Crippen MR) is 65.9 cm³/mol. The molecule has 1 aliphatic heterocycles. The highest BCUT2D eigenvalue weighted by molar-refractivity contribution is 5.75. The standard InChI is InChI=1S/C14H23NO2/c16-12(17)14(5-3-1-2-4-6-14)11-15-9-13(10-15)7-8-13/h1-11H2,(H,16,17). The van der Waals surface area contributed by atoms with Crippen LogP contribution in [-0.4, -0.2) is 35.6 Å². The fraction of sp³-hybridized carbons (Fsp3) is 0.929. The maximum Gasteiger partial charge on any atom is 0.310 e. The highest BCUT2D eigenvalue weighted by atomic mass is 16.4. The van der Waals surface area contributed by atoms with Crippen molar-refractivity contribution in [3.8, 4) is 0 Å². The number of carboxylic acid groups (broad SMARTS) is 1. The number of carboxylic acids is 1. The highest BCUT2D eigenvalue weighted by Crippen LogP contribution is 2.53. The molecule has 0 aromatic carbocycles. The Bertz CT molecular complexity index is 306. The van der Waals surface area contributed by atoms with Gasteiger partial charge in [0.1, 0.15) is 0 Å². The molecule has 2 saturated carbocycles. The third kappa shape index (κ3) is 2.10. The summed E-state index contributed by atoms with van der Waals surface area (Å²) in [4.78, 5) is 14.1. The molecule has 0 aromatic heterocycles. The second-order valence-corrected chi connectivity index (χ2v) is 6.64. The van der Waals surface area contributed by atoms with Crippen LogP contribution in [0.3, 0.4) is 0 Å². The maximum absolute atomic E-state index is 11.7. The topological polar surface area (TPSA) is 40.5 Å². The first-order valence-corrected chi connectivity index (χ1v) is 7.10. The third-order valence-electron chi connectivity index (χ3n) is 5.12. The van der Waals surface area contributed by atoms with E-state index < -0.39 is 11.4 Å². The molecule has 3 fully saturated rings. The average molecular weight is 237 g/mol. The van der Waals surface area contributed by atoms with Crippen molar-refractivity contribution in [3.05, 3.63) is 0 Å². The number of nitrogens with zero attached hydrogens (tertiary/aromatic N) is 1. The van der Waals surface area contributed by atoms with E-state index in [9.17, 15) is 9.90 Å². The van der Waals surface area contributed by atoms with Crippen LogP contribution in [0.5, 0.6) is 0 Å². The molecule has 0 radical (unpaired) electrons. The lowest BCUT2D eigenvalue weighted by Gasteiger charge is -2.44. The molecule has 1 spiro atoms. The van der Waals surface area contributed by atoms with Crippen molar-refractivity contribution in [1.82, 2.24) is 4.90 Å². The maximum atomic E-state index is 11.7. The number of aliphatic carboxylic acids is 1. The molecular formula is C14H23NO2. The van der Waals surface area contributed by atoms with Gasteiger partial charge in [0, 0.05) is 19.6 Å². The Morgan fingerprint density at radius 1 is 1.00 bits per heavy atom. The molecule has 1 saturated heterocycles. The van der Waals surface area contributed by atoms with Gasteiger partial charge < -0.3 is 10.0 Å². The Kier molecular flexibility index (Phi) is 2.69. The minimum Gasteiger partial charge on any atom is -0.481 e. The molecule has 3 nitrogen and oxygen atoms in total.